The van der Waals surface area contributed by atoms with E-state index in [4.69, 9.17) is 0 Å². The fourth-order valence-electron chi connectivity index (χ4n) is 1.60. The summed E-state index contributed by atoms with van der Waals surface area (Å²) in [6.07, 6.45) is 2.72. The van der Waals surface area contributed by atoms with Gasteiger partial charge in [0.2, 0.25) is 20.9 Å². The number of anilines is 1. The predicted molar refractivity (Wildman–Crippen MR) is 78.5 cm³/mol. The summed E-state index contributed by atoms with van der Waals surface area (Å²) in [4.78, 5) is 19.3. The molecule has 2 rings (SSSR count). The number of rotatable bonds is 5. The van der Waals surface area contributed by atoms with Gasteiger partial charge in [-0.05, 0) is 24.6 Å². The van der Waals surface area contributed by atoms with Crippen LogP contribution >= 0.6 is 0 Å². The van der Waals surface area contributed by atoms with E-state index in [1.54, 1.807) is 31.2 Å². The van der Waals surface area contributed by atoms with Gasteiger partial charge < -0.3 is 5.32 Å². The lowest BCUT2D eigenvalue weighted by Gasteiger charge is -2.05. The molecule has 0 fully saturated rings. The minimum absolute atomic E-state index is 0.144. The summed E-state index contributed by atoms with van der Waals surface area (Å²) in [7, 11) is -3.65. The molecule has 0 spiro atoms. The summed E-state index contributed by atoms with van der Waals surface area (Å²) >= 11 is 0. The van der Waals surface area contributed by atoms with E-state index in [0.29, 0.717) is 5.69 Å². The highest BCUT2D eigenvalue weighted by Crippen LogP contribution is 2.09. The number of nitrogens with one attached hydrogen (secondary N) is 1. The number of para-hydroxylation sites is 1. The summed E-state index contributed by atoms with van der Waals surface area (Å²) in [5, 5.41) is 2.38. The Morgan fingerprint density at radius 1 is 1.14 bits per heavy atom. The summed E-state index contributed by atoms with van der Waals surface area (Å²) in [5.41, 5.74) is 1.40. The molecule has 1 amide bonds. The molecule has 0 radical (unpaired) electrons. The van der Waals surface area contributed by atoms with E-state index >= 15 is 0 Å². The number of carbonyl (C=O) groups is 1. The quantitative estimate of drug-likeness (QED) is 0.847. The summed E-state index contributed by atoms with van der Waals surface area (Å²) in [5.74, 6) is -0.689. The first-order valence-corrected chi connectivity index (χ1v) is 7.99. The zero-order valence-electron chi connectivity index (χ0n) is 11.5. The molecule has 0 saturated heterocycles. The van der Waals surface area contributed by atoms with Gasteiger partial charge in [0.05, 0.1) is 5.75 Å². The molecule has 1 aromatic heterocycles. The van der Waals surface area contributed by atoms with Gasteiger partial charge in [-0.2, -0.15) is 0 Å². The van der Waals surface area contributed by atoms with Crippen LogP contribution in [-0.2, 0) is 14.6 Å². The monoisotopic (exact) mass is 305 g/mol. The van der Waals surface area contributed by atoms with Crippen molar-refractivity contribution in [1.82, 2.24) is 9.97 Å². The van der Waals surface area contributed by atoms with Gasteiger partial charge in [-0.25, -0.2) is 18.4 Å². The lowest BCUT2D eigenvalue weighted by Crippen LogP contribution is -2.18. The van der Waals surface area contributed by atoms with E-state index in [2.05, 4.69) is 15.3 Å². The molecule has 21 heavy (non-hydrogen) atoms. The molecule has 1 heterocycles. The Kier molecular flexibility index (Phi) is 4.64. The van der Waals surface area contributed by atoms with Crippen LogP contribution in [0.25, 0.3) is 0 Å². The Hall–Kier alpha value is -2.28. The van der Waals surface area contributed by atoms with Gasteiger partial charge in [0.1, 0.15) is 0 Å². The van der Waals surface area contributed by atoms with Crippen LogP contribution < -0.4 is 5.32 Å². The van der Waals surface area contributed by atoms with Crippen molar-refractivity contribution in [1.29, 1.82) is 0 Å². The van der Waals surface area contributed by atoms with Crippen LogP contribution in [0.3, 0.4) is 0 Å². The average molecular weight is 305 g/mol. The number of nitrogens with zero attached hydrogens (tertiary/aromatic N) is 2. The average Bonchev–Trinajstić information content (AvgIpc) is 2.47. The zero-order chi connectivity index (χ0) is 15.3. The molecule has 7 heteroatoms. The van der Waals surface area contributed by atoms with Crippen molar-refractivity contribution in [2.24, 2.45) is 0 Å². The Labute approximate surface area is 123 Å². The fourth-order valence-corrected chi connectivity index (χ4v) is 2.67. The first-order valence-electron chi connectivity index (χ1n) is 6.34. The first kappa shape index (κ1) is 15.1. The van der Waals surface area contributed by atoms with Crippen molar-refractivity contribution in [3.63, 3.8) is 0 Å². The van der Waals surface area contributed by atoms with E-state index in [1.165, 1.54) is 12.4 Å². The van der Waals surface area contributed by atoms with Gasteiger partial charge in [0.25, 0.3) is 0 Å². The molecule has 110 valence electrons. The summed E-state index contributed by atoms with van der Waals surface area (Å²) < 4.78 is 24.0. The van der Waals surface area contributed by atoms with Crippen molar-refractivity contribution in [2.45, 2.75) is 18.5 Å². The Morgan fingerprint density at radius 3 is 2.38 bits per heavy atom. The maximum Gasteiger partial charge on any atom is 0.247 e. The highest BCUT2D eigenvalue weighted by Gasteiger charge is 2.19. The highest BCUT2D eigenvalue weighted by atomic mass is 32.2. The maximum absolute atomic E-state index is 12.0. The number of hydrogen-bond donors (Lipinski definition) is 1. The summed E-state index contributed by atoms with van der Waals surface area (Å²) in [6.45, 7) is 1.77. The van der Waals surface area contributed by atoms with Crippen LogP contribution in [0.15, 0.2) is 47.9 Å². The van der Waals surface area contributed by atoms with E-state index in [0.717, 1.165) is 5.56 Å². The Bertz CT molecular complexity index is 713. The van der Waals surface area contributed by atoms with Crippen molar-refractivity contribution in [3.05, 3.63) is 48.3 Å². The topological polar surface area (TPSA) is 89.0 Å². The maximum atomic E-state index is 12.0. The van der Waals surface area contributed by atoms with Gasteiger partial charge in [0.15, 0.2) is 0 Å². The number of aryl methyl sites for hydroxylation is 1. The number of hydrogen-bond acceptors (Lipinski definition) is 5. The van der Waals surface area contributed by atoms with Gasteiger partial charge in [-0.15, -0.1) is 0 Å². The lowest BCUT2D eigenvalue weighted by molar-refractivity contribution is -0.115. The lowest BCUT2D eigenvalue weighted by atomic mass is 10.3. The second-order valence-electron chi connectivity index (χ2n) is 4.53. The highest BCUT2D eigenvalue weighted by molar-refractivity contribution is 7.91. The van der Waals surface area contributed by atoms with Crippen molar-refractivity contribution >= 4 is 21.4 Å². The van der Waals surface area contributed by atoms with Crippen molar-refractivity contribution in [2.75, 3.05) is 11.1 Å². The second-order valence-corrected chi connectivity index (χ2v) is 6.53. The largest absolute Gasteiger partial charge is 0.326 e. The molecule has 6 nitrogen and oxygen atoms in total. The van der Waals surface area contributed by atoms with Gasteiger partial charge >= 0.3 is 0 Å². The molecule has 0 atom stereocenters. The van der Waals surface area contributed by atoms with Crippen LogP contribution in [0.4, 0.5) is 5.69 Å². The molecule has 0 aliphatic carbocycles. The van der Waals surface area contributed by atoms with Crippen LogP contribution in [0.2, 0.25) is 0 Å². The van der Waals surface area contributed by atoms with E-state index in [9.17, 15) is 13.2 Å². The third kappa shape index (κ3) is 4.35. The molecule has 0 aliphatic heterocycles. The molecule has 1 N–H and O–H groups in total. The van der Waals surface area contributed by atoms with Crippen LogP contribution in [-0.4, -0.2) is 30.0 Å². The normalized spacial score (nSPS) is 11.1. The fraction of sp³-hybridized carbons (Fsp3) is 0.214. The Balaban J connectivity index is 1.95. The van der Waals surface area contributed by atoms with E-state index in [-0.39, 0.29) is 23.2 Å². The number of amides is 1. The SMILES string of the molecule is Cc1cnc(S(=O)(=O)CCC(=O)Nc2ccccc2)nc1. The predicted octanol–water partition coefficient (Wildman–Crippen LogP) is 1.59. The zero-order valence-corrected chi connectivity index (χ0v) is 12.3. The first-order chi connectivity index (χ1) is 9.97. The van der Waals surface area contributed by atoms with Crippen LogP contribution in [0, 0.1) is 6.92 Å². The number of aromatic nitrogens is 2. The van der Waals surface area contributed by atoms with Crippen LogP contribution in [0.1, 0.15) is 12.0 Å². The van der Waals surface area contributed by atoms with Gasteiger partial charge in [-0.3, -0.25) is 4.79 Å². The summed E-state index contributed by atoms with van der Waals surface area (Å²) in [6, 6.07) is 8.86. The third-order valence-electron chi connectivity index (χ3n) is 2.69. The van der Waals surface area contributed by atoms with Crippen molar-refractivity contribution in [3.8, 4) is 0 Å². The minimum Gasteiger partial charge on any atom is -0.326 e. The molecule has 0 saturated carbocycles. The molecule has 0 aliphatic rings. The third-order valence-corrected chi connectivity index (χ3v) is 4.20. The van der Waals surface area contributed by atoms with E-state index < -0.39 is 9.84 Å². The number of benzene rings is 1. The molecule has 2 aromatic rings. The molecule has 0 bridgehead atoms. The minimum atomic E-state index is -3.65. The molecular formula is C14H15N3O3S. The van der Waals surface area contributed by atoms with Gasteiger partial charge in [0, 0.05) is 24.5 Å². The molecular weight excluding hydrogens is 290 g/mol. The molecule has 1 aromatic carbocycles. The standard InChI is InChI=1S/C14H15N3O3S/c1-11-9-15-14(16-10-11)21(19,20)8-7-13(18)17-12-5-3-2-4-6-12/h2-6,9-10H,7-8H2,1H3,(H,17,18). The van der Waals surface area contributed by atoms with Crippen molar-refractivity contribution < 1.29 is 13.2 Å². The number of carbonyl (C=O) groups excluding carboxylic acids is 1. The smallest absolute Gasteiger partial charge is 0.247 e. The van der Waals surface area contributed by atoms with Crippen LogP contribution in [0.5, 0.6) is 0 Å². The Morgan fingerprint density at radius 2 is 1.76 bits per heavy atom. The van der Waals surface area contributed by atoms with E-state index in [1.807, 2.05) is 6.07 Å². The molecule has 0 unspecified atom stereocenters. The van der Waals surface area contributed by atoms with Gasteiger partial charge in [-0.1, -0.05) is 18.2 Å². The second kappa shape index (κ2) is 6.45. The number of sulfone groups is 1.